The fourth-order valence-electron chi connectivity index (χ4n) is 5.47. The average Bonchev–Trinajstić information content (AvgIpc) is 3.52. The van der Waals surface area contributed by atoms with E-state index in [1.54, 1.807) is 11.1 Å². The molecule has 1 N–H and O–H groups in total. The Bertz CT molecular complexity index is 1320. The van der Waals surface area contributed by atoms with Crippen molar-refractivity contribution in [1.82, 2.24) is 14.4 Å². The lowest BCUT2D eigenvalue weighted by atomic mass is 9.82. The van der Waals surface area contributed by atoms with Crippen LogP contribution in [0.25, 0.3) is 11.1 Å². The first-order valence-corrected chi connectivity index (χ1v) is 13.5. The molecule has 2 aromatic carbocycles. The van der Waals surface area contributed by atoms with Crippen LogP contribution in [0.3, 0.4) is 0 Å². The molecule has 1 aliphatic rings. The molecule has 0 bridgehead atoms. The van der Waals surface area contributed by atoms with Crippen molar-refractivity contribution >= 4 is 23.6 Å². The molecule has 4 rings (SSSR count). The van der Waals surface area contributed by atoms with Gasteiger partial charge in [-0.25, -0.2) is 13.6 Å². The summed E-state index contributed by atoms with van der Waals surface area (Å²) in [5.41, 5.74) is 1.94. The molecule has 3 aromatic rings. The maximum absolute atomic E-state index is 14.9. The number of nitrogens with zero attached hydrogens (tertiary/aromatic N) is 3. The van der Waals surface area contributed by atoms with Crippen LogP contribution < -0.4 is 0 Å². The molecule has 1 aliphatic heterocycles. The topological polar surface area (TPSA) is 65.8 Å². The van der Waals surface area contributed by atoms with Crippen molar-refractivity contribution in [3.8, 4) is 11.1 Å². The van der Waals surface area contributed by atoms with Crippen LogP contribution >= 0.6 is 11.6 Å². The SMILES string of the molecule is CC(C)(C)[C@H](c1cc(-c2cc(F)ccc2F)cn1Cc1ccccc1)N(C[C@H]1CCN(C(=O)O)C1)C(=O)CCl. The fraction of sp³-hybridized carbons (Fsp3) is 0.400. The number of carbonyl (C=O) groups excluding carboxylic acids is 1. The lowest BCUT2D eigenvalue weighted by Crippen LogP contribution is -2.45. The highest BCUT2D eigenvalue weighted by Crippen LogP contribution is 2.42. The fourth-order valence-corrected chi connectivity index (χ4v) is 5.63. The summed E-state index contributed by atoms with van der Waals surface area (Å²) in [6.45, 7) is 7.60. The van der Waals surface area contributed by atoms with Gasteiger partial charge in [0.25, 0.3) is 0 Å². The first kappa shape index (κ1) is 28.6. The zero-order valence-corrected chi connectivity index (χ0v) is 23.2. The molecule has 1 saturated heterocycles. The summed E-state index contributed by atoms with van der Waals surface area (Å²) >= 11 is 6.11. The van der Waals surface area contributed by atoms with Crippen molar-refractivity contribution in [3.63, 3.8) is 0 Å². The normalized spacial score (nSPS) is 16.4. The van der Waals surface area contributed by atoms with Gasteiger partial charge in [-0.15, -0.1) is 11.6 Å². The van der Waals surface area contributed by atoms with Gasteiger partial charge in [0.1, 0.15) is 17.5 Å². The van der Waals surface area contributed by atoms with Gasteiger partial charge in [0.2, 0.25) is 5.91 Å². The molecule has 1 fully saturated rings. The molecule has 2 atom stereocenters. The van der Waals surface area contributed by atoms with E-state index in [1.807, 2.05) is 61.7 Å². The molecule has 0 aliphatic carbocycles. The van der Waals surface area contributed by atoms with E-state index < -0.39 is 29.2 Å². The number of carbonyl (C=O) groups is 2. The molecule has 0 saturated carbocycles. The summed E-state index contributed by atoms with van der Waals surface area (Å²) in [5.74, 6) is -1.63. The molecular formula is C30H34ClF2N3O3. The number of aromatic nitrogens is 1. The Labute approximate surface area is 232 Å². The van der Waals surface area contributed by atoms with Gasteiger partial charge in [-0.3, -0.25) is 4.79 Å². The van der Waals surface area contributed by atoms with Crippen LogP contribution in [0.15, 0.2) is 60.8 Å². The van der Waals surface area contributed by atoms with E-state index in [1.165, 1.54) is 11.0 Å². The van der Waals surface area contributed by atoms with Gasteiger partial charge < -0.3 is 19.5 Å². The van der Waals surface area contributed by atoms with Crippen molar-refractivity contribution in [2.24, 2.45) is 11.3 Å². The highest BCUT2D eigenvalue weighted by molar-refractivity contribution is 6.27. The largest absolute Gasteiger partial charge is 0.465 e. The van der Waals surface area contributed by atoms with Crippen LogP contribution in [-0.4, -0.2) is 57.0 Å². The van der Waals surface area contributed by atoms with E-state index in [9.17, 15) is 23.5 Å². The summed E-state index contributed by atoms with van der Waals surface area (Å²) in [5, 5.41) is 9.43. The van der Waals surface area contributed by atoms with Crippen molar-refractivity contribution < 1.29 is 23.5 Å². The number of hydrogen-bond donors (Lipinski definition) is 1. The van der Waals surface area contributed by atoms with Crippen LogP contribution in [0, 0.1) is 23.0 Å². The second-order valence-electron chi connectivity index (χ2n) is 11.2. The monoisotopic (exact) mass is 557 g/mol. The summed E-state index contributed by atoms with van der Waals surface area (Å²) < 4.78 is 31.0. The number of rotatable bonds is 8. The lowest BCUT2D eigenvalue weighted by Gasteiger charge is -2.42. The number of alkyl halides is 1. The third kappa shape index (κ3) is 6.61. The second kappa shape index (κ2) is 11.8. The molecule has 0 spiro atoms. The summed E-state index contributed by atoms with van der Waals surface area (Å²) in [6.07, 6.45) is 1.46. The van der Waals surface area contributed by atoms with Gasteiger partial charge >= 0.3 is 6.09 Å². The molecule has 0 radical (unpaired) electrons. The van der Waals surface area contributed by atoms with Crippen LogP contribution in [0.4, 0.5) is 13.6 Å². The number of benzene rings is 2. The molecule has 1 aromatic heterocycles. The van der Waals surface area contributed by atoms with Crippen molar-refractivity contribution in [3.05, 3.63) is 83.7 Å². The van der Waals surface area contributed by atoms with E-state index >= 15 is 0 Å². The van der Waals surface area contributed by atoms with Crippen LogP contribution in [0.2, 0.25) is 0 Å². The highest BCUT2D eigenvalue weighted by Gasteiger charge is 2.39. The lowest BCUT2D eigenvalue weighted by molar-refractivity contribution is -0.134. The van der Waals surface area contributed by atoms with E-state index in [2.05, 4.69) is 0 Å². The zero-order valence-electron chi connectivity index (χ0n) is 22.4. The van der Waals surface area contributed by atoms with Gasteiger partial charge in [-0.2, -0.15) is 0 Å². The minimum absolute atomic E-state index is 0.0456. The molecule has 9 heteroatoms. The van der Waals surface area contributed by atoms with Crippen LogP contribution in [0.1, 0.15) is 44.5 Å². The predicted molar refractivity (Wildman–Crippen MR) is 148 cm³/mol. The second-order valence-corrected chi connectivity index (χ2v) is 11.5. The van der Waals surface area contributed by atoms with E-state index in [0.29, 0.717) is 38.2 Å². The van der Waals surface area contributed by atoms with Gasteiger partial charge in [-0.1, -0.05) is 51.1 Å². The minimum Gasteiger partial charge on any atom is -0.465 e. The molecular weight excluding hydrogens is 524 g/mol. The first-order chi connectivity index (χ1) is 18.5. The van der Waals surface area contributed by atoms with Gasteiger partial charge in [0, 0.05) is 49.2 Å². The minimum atomic E-state index is -0.974. The van der Waals surface area contributed by atoms with Gasteiger partial charge in [-0.05, 0) is 47.6 Å². The van der Waals surface area contributed by atoms with Gasteiger partial charge in [0.05, 0.1) is 6.04 Å². The third-order valence-electron chi connectivity index (χ3n) is 7.22. The smallest absolute Gasteiger partial charge is 0.407 e. The molecule has 0 unspecified atom stereocenters. The Balaban J connectivity index is 1.82. The molecule has 39 heavy (non-hydrogen) atoms. The Kier molecular flexibility index (Phi) is 8.64. The molecule has 6 nitrogen and oxygen atoms in total. The number of likely N-dealkylation sites (tertiary alicyclic amines) is 1. The van der Waals surface area contributed by atoms with Crippen molar-refractivity contribution in [2.45, 2.75) is 39.8 Å². The predicted octanol–water partition coefficient (Wildman–Crippen LogP) is 6.64. The van der Waals surface area contributed by atoms with E-state index in [4.69, 9.17) is 11.6 Å². The highest BCUT2D eigenvalue weighted by atomic mass is 35.5. The van der Waals surface area contributed by atoms with Gasteiger partial charge in [0.15, 0.2) is 0 Å². The zero-order chi connectivity index (χ0) is 28.3. The number of halogens is 3. The van der Waals surface area contributed by atoms with E-state index in [-0.39, 0.29) is 23.3 Å². The Hall–Kier alpha value is -3.39. The van der Waals surface area contributed by atoms with Crippen LogP contribution in [-0.2, 0) is 11.3 Å². The number of hydrogen-bond acceptors (Lipinski definition) is 2. The maximum Gasteiger partial charge on any atom is 0.407 e. The molecule has 2 heterocycles. The maximum atomic E-state index is 14.9. The van der Waals surface area contributed by atoms with Crippen molar-refractivity contribution in [2.75, 3.05) is 25.5 Å². The van der Waals surface area contributed by atoms with Crippen molar-refractivity contribution in [1.29, 1.82) is 0 Å². The standard InChI is InChI=1S/C30H34ClF2N3O3/c1-30(2,3)28(36(27(37)15-31)18-21-11-12-34(17-21)29(38)39)26-13-22(24-14-23(32)9-10-25(24)33)19-35(26)16-20-7-5-4-6-8-20/h4-10,13-14,19,21,28H,11-12,15-18H2,1-3H3,(H,38,39)/t21-,28-/m0/s1. The first-order valence-electron chi connectivity index (χ1n) is 13.0. The van der Waals surface area contributed by atoms with Crippen LogP contribution in [0.5, 0.6) is 0 Å². The molecule has 208 valence electrons. The summed E-state index contributed by atoms with van der Waals surface area (Å²) in [7, 11) is 0. The summed E-state index contributed by atoms with van der Waals surface area (Å²) in [6, 6.07) is 14.5. The quantitative estimate of drug-likeness (QED) is 0.316. The van der Waals surface area contributed by atoms with E-state index in [0.717, 1.165) is 23.4 Å². The number of amides is 2. The summed E-state index contributed by atoms with van der Waals surface area (Å²) in [4.78, 5) is 28.0. The molecule has 2 amide bonds. The Morgan fingerprint density at radius 2 is 1.85 bits per heavy atom. The number of carboxylic acid groups (broad SMARTS) is 1. The third-order valence-corrected chi connectivity index (χ3v) is 7.45. The Morgan fingerprint density at radius 1 is 1.13 bits per heavy atom. The Morgan fingerprint density at radius 3 is 2.46 bits per heavy atom. The average molecular weight is 558 g/mol.